The van der Waals surface area contributed by atoms with Crippen molar-refractivity contribution in [2.45, 2.75) is 20.4 Å². The molecule has 0 saturated carbocycles. The molecule has 1 heterocycles. The van der Waals surface area contributed by atoms with Crippen molar-refractivity contribution in [3.8, 4) is 0 Å². The van der Waals surface area contributed by atoms with E-state index in [9.17, 15) is 4.79 Å². The first-order chi connectivity index (χ1) is 9.10. The number of nitrogens with one attached hydrogen (secondary N) is 2. The topological polar surface area (TPSA) is 54.0 Å². The lowest BCUT2D eigenvalue weighted by atomic mass is 10.1. The molecule has 0 atom stereocenters. The number of hydrogen-bond donors (Lipinski definition) is 2. The second-order valence-corrected chi connectivity index (χ2v) is 5.29. The van der Waals surface area contributed by atoms with Gasteiger partial charge >= 0.3 is 0 Å². The van der Waals surface area contributed by atoms with Crippen LogP contribution in [0.3, 0.4) is 0 Å². The fourth-order valence-electron chi connectivity index (χ4n) is 1.75. The summed E-state index contributed by atoms with van der Waals surface area (Å²) in [6, 6.07) is 5.64. The number of nitrogens with zero attached hydrogens (tertiary/aromatic N) is 1. The van der Waals surface area contributed by atoms with Gasteiger partial charge in [-0.25, -0.2) is 4.98 Å². The van der Waals surface area contributed by atoms with E-state index < -0.39 is 0 Å². The van der Waals surface area contributed by atoms with Gasteiger partial charge in [0.1, 0.15) is 5.01 Å². The predicted molar refractivity (Wildman–Crippen MR) is 78.7 cm³/mol. The summed E-state index contributed by atoms with van der Waals surface area (Å²) >= 11 is 1.64. The molecule has 0 aliphatic heterocycles. The first kappa shape index (κ1) is 13.5. The molecule has 0 radical (unpaired) electrons. The quantitative estimate of drug-likeness (QED) is 0.902. The third-order valence-corrected chi connectivity index (χ3v) is 3.79. The lowest BCUT2D eigenvalue weighted by molar-refractivity contribution is 0.0963. The summed E-state index contributed by atoms with van der Waals surface area (Å²) in [5.41, 5.74) is 3.78. The zero-order valence-corrected chi connectivity index (χ0v) is 12.1. The molecule has 0 aliphatic carbocycles. The second kappa shape index (κ2) is 5.84. The van der Waals surface area contributed by atoms with E-state index in [1.165, 1.54) is 0 Å². The van der Waals surface area contributed by atoms with E-state index in [4.69, 9.17) is 0 Å². The molecule has 0 saturated heterocycles. The summed E-state index contributed by atoms with van der Waals surface area (Å²) in [5.74, 6) is -0.0758. The molecular formula is C14H17N3OS. The van der Waals surface area contributed by atoms with Gasteiger partial charge in [0.05, 0.1) is 6.54 Å². The number of amides is 1. The van der Waals surface area contributed by atoms with E-state index >= 15 is 0 Å². The van der Waals surface area contributed by atoms with Crippen molar-refractivity contribution in [3.05, 3.63) is 45.4 Å². The fourth-order valence-corrected chi connectivity index (χ4v) is 2.46. The maximum absolute atomic E-state index is 11.6. The number of benzene rings is 1. The number of thiazole rings is 1. The van der Waals surface area contributed by atoms with Crippen LogP contribution < -0.4 is 10.6 Å². The number of carbonyl (C=O) groups excluding carboxylic acids is 1. The van der Waals surface area contributed by atoms with Gasteiger partial charge in [0.25, 0.3) is 5.91 Å². The normalized spacial score (nSPS) is 10.3. The first-order valence-electron chi connectivity index (χ1n) is 6.07. The lowest BCUT2D eigenvalue weighted by Crippen LogP contribution is -2.18. The molecule has 4 nitrogen and oxygen atoms in total. The summed E-state index contributed by atoms with van der Waals surface area (Å²) in [7, 11) is 1.63. The number of rotatable bonds is 4. The van der Waals surface area contributed by atoms with Gasteiger partial charge in [0.2, 0.25) is 0 Å². The van der Waals surface area contributed by atoms with Gasteiger partial charge in [-0.05, 0) is 31.5 Å². The molecule has 0 unspecified atom stereocenters. The van der Waals surface area contributed by atoms with Crippen LogP contribution in [0.1, 0.15) is 26.6 Å². The molecule has 1 amide bonds. The van der Waals surface area contributed by atoms with Crippen molar-refractivity contribution in [1.82, 2.24) is 10.3 Å². The molecule has 1 aromatic carbocycles. The van der Waals surface area contributed by atoms with Crippen LogP contribution in [0.4, 0.5) is 5.69 Å². The Morgan fingerprint density at radius 2 is 2.16 bits per heavy atom. The van der Waals surface area contributed by atoms with Gasteiger partial charge in [0.15, 0.2) is 0 Å². The molecule has 19 heavy (non-hydrogen) atoms. The minimum absolute atomic E-state index is 0.0758. The number of aryl methyl sites for hydroxylation is 2. The number of anilines is 1. The van der Waals surface area contributed by atoms with E-state index in [1.807, 2.05) is 37.4 Å². The van der Waals surface area contributed by atoms with Crippen molar-refractivity contribution < 1.29 is 4.79 Å². The number of carbonyl (C=O) groups is 1. The maximum atomic E-state index is 11.6. The van der Waals surface area contributed by atoms with Crippen molar-refractivity contribution in [1.29, 1.82) is 0 Å². The first-order valence-corrected chi connectivity index (χ1v) is 6.95. The molecule has 100 valence electrons. The van der Waals surface area contributed by atoms with Crippen LogP contribution in [0.15, 0.2) is 23.6 Å². The summed E-state index contributed by atoms with van der Waals surface area (Å²) < 4.78 is 0. The molecular weight excluding hydrogens is 258 g/mol. The van der Waals surface area contributed by atoms with E-state index in [1.54, 1.807) is 18.4 Å². The summed E-state index contributed by atoms with van der Waals surface area (Å²) in [6.07, 6.45) is 0. The van der Waals surface area contributed by atoms with Gasteiger partial charge in [-0.1, -0.05) is 6.07 Å². The summed E-state index contributed by atoms with van der Waals surface area (Å²) in [5, 5.41) is 9.03. The summed E-state index contributed by atoms with van der Waals surface area (Å²) in [6.45, 7) is 4.68. The predicted octanol–water partition coefficient (Wildman–Crippen LogP) is 2.73. The Morgan fingerprint density at radius 3 is 2.79 bits per heavy atom. The molecule has 2 rings (SSSR count). The van der Waals surface area contributed by atoms with E-state index in [-0.39, 0.29) is 5.91 Å². The van der Waals surface area contributed by atoms with E-state index in [2.05, 4.69) is 15.6 Å². The largest absolute Gasteiger partial charge is 0.378 e. The lowest BCUT2D eigenvalue weighted by Gasteiger charge is -2.10. The van der Waals surface area contributed by atoms with Crippen molar-refractivity contribution in [2.24, 2.45) is 0 Å². The van der Waals surface area contributed by atoms with Gasteiger partial charge in [-0.2, -0.15) is 0 Å². The van der Waals surface area contributed by atoms with Crippen LogP contribution in [0.5, 0.6) is 0 Å². The smallest absolute Gasteiger partial charge is 0.251 e. The average molecular weight is 275 g/mol. The SMILES string of the molecule is CNC(=O)c1ccc(C)c(NCc2nc(C)cs2)c1. The molecule has 0 fully saturated rings. The van der Waals surface area contributed by atoms with Crippen molar-refractivity contribution in [3.63, 3.8) is 0 Å². The van der Waals surface area contributed by atoms with Crippen molar-refractivity contribution in [2.75, 3.05) is 12.4 Å². The third-order valence-electron chi connectivity index (χ3n) is 2.82. The minimum Gasteiger partial charge on any atom is -0.378 e. The van der Waals surface area contributed by atoms with Gasteiger partial charge in [0, 0.05) is 29.4 Å². The van der Waals surface area contributed by atoms with Gasteiger partial charge in [-0.3, -0.25) is 4.79 Å². The maximum Gasteiger partial charge on any atom is 0.251 e. The minimum atomic E-state index is -0.0758. The van der Waals surface area contributed by atoms with Gasteiger partial charge in [-0.15, -0.1) is 11.3 Å². The zero-order valence-electron chi connectivity index (χ0n) is 11.3. The standard InChI is InChI=1S/C14H17N3OS/c1-9-4-5-11(14(18)15-3)6-12(9)16-7-13-17-10(2)8-19-13/h4-6,8,16H,7H2,1-3H3,(H,15,18). The van der Waals surface area contributed by atoms with Crippen LogP contribution in [0.2, 0.25) is 0 Å². The summed E-state index contributed by atoms with van der Waals surface area (Å²) in [4.78, 5) is 16.0. The van der Waals surface area contributed by atoms with Crippen LogP contribution in [0, 0.1) is 13.8 Å². The molecule has 0 aliphatic rings. The van der Waals surface area contributed by atoms with Crippen molar-refractivity contribution >= 4 is 22.9 Å². The van der Waals surface area contributed by atoms with Crippen LogP contribution in [0.25, 0.3) is 0 Å². The van der Waals surface area contributed by atoms with Crippen LogP contribution in [-0.4, -0.2) is 17.9 Å². The Labute approximate surface area is 116 Å². The fraction of sp³-hybridized carbons (Fsp3) is 0.286. The molecule has 2 aromatic rings. The Hall–Kier alpha value is -1.88. The van der Waals surface area contributed by atoms with E-state index in [0.717, 1.165) is 22.0 Å². The van der Waals surface area contributed by atoms with Crippen LogP contribution in [-0.2, 0) is 6.54 Å². The molecule has 2 N–H and O–H groups in total. The van der Waals surface area contributed by atoms with E-state index in [0.29, 0.717) is 12.1 Å². The van der Waals surface area contributed by atoms with Crippen LogP contribution >= 0.6 is 11.3 Å². The second-order valence-electron chi connectivity index (χ2n) is 4.35. The van der Waals surface area contributed by atoms with Gasteiger partial charge < -0.3 is 10.6 Å². The molecule has 0 bridgehead atoms. The number of aromatic nitrogens is 1. The Balaban J connectivity index is 2.12. The highest BCUT2D eigenvalue weighted by molar-refractivity contribution is 7.09. The zero-order chi connectivity index (χ0) is 13.8. The average Bonchev–Trinajstić information content (AvgIpc) is 2.82. The monoisotopic (exact) mass is 275 g/mol. The Kier molecular flexibility index (Phi) is 4.16. The molecule has 0 spiro atoms. The molecule has 1 aromatic heterocycles. The highest BCUT2D eigenvalue weighted by Crippen LogP contribution is 2.19. The Morgan fingerprint density at radius 1 is 1.37 bits per heavy atom. The number of hydrogen-bond acceptors (Lipinski definition) is 4. The molecule has 5 heteroatoms. The highest BCUT2D eigenvalue weighted by Gasteiger charge is 2.07. The third kappa shape index (κ3) is 3.32. The highest BCUT2D eigenvalue weighted by atomic mass is 32.1. The Bertz CT molecular complexity index is 592.